The molecule has 2 nitrogen and oxygen atoms in total. The molecule has 0 bridgehead atoms. The molecule has 0 saturated heterocycles. The van der Waals surface area contributed by atoms with E-state index in [0.717, 1.165) is 16.7 Å². The number of ether oxygens (including phenoxy) is 1. The molecule has 18 heavy (non-hydrogen) atoms. The van der Waals surface area contributed by atoms with Crippen LogP contribution in [0.2, 0.25) is 0 Å². The zero-order valence-electron chi connectivity index (χ0n) is 9.86. The summed E-state index contributed by atoms with van der Waals surface area (Å²) >= 11 is 0. The summed E-state index contributed by atoms with van der Waals surface area (Å²) in [7, 11) is 0. The number of hydrogen-bond donors (Lipinski definition) is 1. The Labute approximate surface area is 104 Å². The van der Waals surface area contributed by atoms with Gasteiger partial charge in [0.25, 0.3) is 0 Å². The monoisotopic (exact) mass is 249 g/mol. The van der Waals surface area contributed by atoms with Gasteiger partial charge in [0.2, 0.25) is 0 Å². The Morgan fingerprint density at radius 2 is 1.61 bits per heavy atom. The average molecular weight is 249 g/mol. The lowest BCUT2D eigenvalue weighted by atomic mass is 10.0. The topological polar surface area (TPSA) is 35.2 Å². The van der Waals surface area contributed by atoms with Crippen LogP contribution in [0.25, 0.3) is 11.1 Å². The number of nitrogens with two attached hydrogens (primary N) is 1. The van der Waals surface area contributed by atoms with Gasteiger partial charge < -0.3 is 10.5 Å². The van der Waals surface area contributed by atoms with Gasteiger partial charge in [0, 0.05) is 0 Å². The molecule has 2 aromatic rings. The van der Waals surface area contributed by atoms with Gasteiger partial charge in [0.1, 0.15) is 5.75 Å². The Morgan fingerprint density at radius 3 is 2.22 bits per heavy atom. The molecule has 2 aromatic carbocycles. The lowest BCUT2D eigenvalue weighted by molar-refractivity contribution is -0.0492. The number of alkyl halides is 2. The van der Waals surface area contributed by atoms with Gasteiger partial charge in [-0.25, -0.2) is 0 Å². The fraction of sp³-hybridized carbons (Fsp3) is 0.143. The number of rotatable bonds is 3. The molecule has 0 aliphatic rings. The van der Waals surface area contributed by atoms with Gasteiger partial charge >= 0.3 is 6.61 Å². The van der Waals surface area contributed by atoms with Crippen molar-refractivity contribution in [3.8, 4) is 16.9 Å². The molecule has 2 rings (SSSR count). The summed E-state index contributed by atoms with van der Waals surface area (Å²) in [5.41, 5.74) is 8.64. The molecule has 0 aliphatic carbocycles. The summed E-state index contributed by atoms with van der Waals surface area (Å²) in [6.45, 7) is -0.890. The molecular formula is C14H13F2NO. The maximum absolute atomic E-state index is 12.2. The fourth-order valence-corrected chi connectivity index (χ4v) is 1.66. The highest BCUT2D eigenvalue weighted by atomic mass is 19.3. The number of hydrogen-bond acceptors (Lipinski definition) is 2. The molecule has 0 spiro atoms. The third-order valence-corrected chi connectivity index (χ3v) is 2.61. The fourth-order valence-electron chi connectivity index (χ4n) is 1.66. The summed E-state index contributed by atoms with van der Waals surface area (Å²) in [4.78, 5) is 0. The summed E-state index contributed by atoms with van der Waals surface area (Å²) in [5, 5.41) is 0. The first-order valence-electron chi connectivity index (χ1n) is 5.47. The predicted molar refractivity (Wildman–Crippen MR) is 67.7 cm³/mol. The van der Waals surface area contributed by atoms with Crippen LogP contribution in [0.3, 0.4) is 0 Å². The normalized spacial score (nSPS) is 10.7. The molecule has 0 radical (unpaired) electrons. The van der Waals surface area contributed by atoms with Crippen LogP contribution in [0.1, 0.15) is 5.56 Å². The largest absolute Gasteiger partial charge is 0.433 e. The van der Waals surface area contributed by atoms with Crippen LogP contribution in [0, 0.1) is 6.92 Å². The van der Waals surface area contributed by atoms with Crippen LogP contribution >= 0.6 is 0 Å². The first kappa shape index (κ1) is 12.4. The van der Waals surface area contributed by atoms with E-state index in [4.69, 9.17) is 5.73 Å². The summed E-state index contributed by atoms with van der Waals surface area (Å²) in [5.74, 6) is 0.00285. The number of benzene rings is 2. The molecule has 0 saturated carbocycles. The zero-order valence-corrected chi connectivity index (χ0v) is 9.86. The van der Waals surface area contributed by atoms with E-state index in [1.165, 1.54) is 6.07 Å². The molecule has 0 unspecified atom stereocenters. The Hall–Kier alpha value is -2.10. The van der Waals surface area contributed by atoms with E-state index in [-0.39, 0.29) is 11.4 Å². The van der Waals surface area contributed by atoms with E-state index in [2.05, 4.69) is 4.74 Å². The van der Waals surface area contributed by atoms with Crippen molar-refractivity contribution in [1.29, 1.82) is 0 Å². The van der Waals surface area contributed by atoms with E-state index in [9.17, 15) is 8.78 Å². The Morgan fingerprint density at radius 1 is 1.00 bits per heavy atom. The van der Waals surface area contributed by atoms with Gasteiger partial charge in [-0.2, -0.15) is 8.78 Å². The van der Waals surface area contributed by atoms with Crippen LogP contribution in [0.4, 0.5) is 14.5 Å². The molecule has 2 N–H and O–H groups in total. The second kappa shape index (κ2) is 5.04. The van der Waals surface area contributed by atoms with Crippen LogP contribution in [0.15, 0.2) is 42.5 Å². The highest BCUT2D eigenvalue weighted by Gasteiger charge is 2.09. The van der Waals surface area contributed by atoms with E-state index in [0.29, 0.717) is 0 Å². The van der Waals surface area contributed by atoms with Gasteiger partial charge in [-0.15, -0.1) is 0 Å². The van der Waals surface area contributed by atoms with Crippen LogP contribution in [-0.4, -0.2) is 6.61 Å². The van der Waals surface area contributed by atoms with Crippen molar-refractivity contribution in [1.82, 2.24) is 0 Å². The van der Waals surface area contributed by atoms with E-state index in [1.807, 2.05) is 31.2 Å². The SMILES string of the molecule is Cc1ccc(-c2ccc(N)c(OC(F)F)c2)cc1. The first-order chi connectivity index (χ1) is 8.56. The van der Waals surface area contributed by atoms with Crippen molar-refractivity contribution in [2.45, 2.75) is 13.5 Å². The molecule has 0 amide bonds. The number of halogens is 2. The van der Waals surface area contributed by atoms with E-state index in [1.54, 1.807) is 12.1 Å². The van der Waals surface area contributed by atoms with Crippen molar-refractivity contribution in [3.05, 3.63) is 48.0 Å². The minimum atomic E-state index is -2.87. The zero-order chi connectivity index (χ0) is 13.1. The Balaban J connectivity index is 2.37. The number of nitrogen functional groups attached to an aromatic ring is 1. The predicted octanol–water partition coefficient (Wildman–Crippen LogP) is 3.85. The van der Waals surface area contributed by atoms with E-state index >= 15 is 0 Å². The molecule has 0 aromatic heterocycles. The third-order valence-electron chi connectivity index (χ3n) is 2.61. The van der Waals surface area contributed by atoms with Crippen molar-refractivity contribution in [2.75, 3.05) is 5.73 Å². The van der Waals surface area contributed by atoms with Gasteiger partial charge in [0.15, 0.2) is 0 Å². The van der Waals surface area contributed by atoms with E-state index < -0.39 is 6.61 Å². The first-order valence-corrected chi connectivity index (χ1v) is 5.47. The van der Waals surface area contributed by atoms with Gasteiger partial charge in [-0.1, -0.05) is 35.9 Å². The van der Waals surface area contributed by atoms with Crippen molar-refractivity contribution >= 4 is 5.69 Å². The Kier molecular flexibility index (Phi) is 3.46. The molecule has 0 heterocycles. The van der Waals surface area contributed by atoms with Crippen LogP contribution in [0.5, 0.6) is 5.75 Å². The Bertz CT molecular complexity index is 538. The van der Waals surface area contributed by atoms with Crippen molar-refractivity contribution in [2.24, 2.45) is 0 Å². The smallest absolute Gasteiger partial charge is 0.387 e. The third kappa shape index (κ3) is 2.77. The van der Waals surface area contributed by atoms with Crippen molar-refractivity contribution in [3.63, 3.8) is 0 Å². The molecule has 0 fully saturated rings. The number of aryl methyl sites for hydroxylation is 1. The van der Waals surface area contributed by atoms with Gasteiger partial charge in [-0.3, -0.25) is 0 Å². The van der Waals surface area contributed by atoms with Gasteiger partial charge in [-0.05, 0) is 30.2 Å². The summed E-state index contributed by atoms with van der Waals surface area (Å²) in [6, 6.07) is 12.6. The molecule has 0 aliphatic heterocycles. The second-order valence-corrected chi connectivity index (χ2v) is 4.00. The molecule has 94 valence electrons. The number of anilines is 1. The average Bonchev–Trinajstić information content (AvgIpc) is 2.32. The van der Waals surface area contributed by atoms with Crippen molar-refractivity contribution < 1.29 is 13.5 Å². The quantitative estimate of drug-likeness (QED) is 0.838. The minimum Gasteiger partial charge on any atom is -0.433 e. The lowest BCUT2D eigenvalue weighted by Crippen LogP contribution is -2.04. The summed E-state index contributed by atoms with van der Waals surface area (Å²) < 4.78 is 28.8. The van der Waals surface area contributed by atoms with Gasteiger partial charge in [0.05, 0.1) is 5.69 Å². The molecule has 4 heteroatoms. The maximum atomic E-state index is 12.2. The molecule has 0 atom stereocenters. The standard InChI is InChI=1S/C14H13F2NO/c1-9-2-4-10(5-3-9)11-6-7-12(17)13(8-11)18-14(15)16/h2-8,14H,17H2,1H3. The highest BCUT2D eigenvalue weighted by molar-refractivity contribution is 5.70. The van der Waals surface area contributed by atoms with Crippen LogP contribution < -0.4 is 10.5 Å². The second-order valence-electron chi connectivity index (χ2n) is 4.00. The lowest BCUT2D eigenvalue weighted by Gasteiger charge is -2.10. The minimum absolute atomic E-state index is 0.00285. The maximum Gasteiger partial charge on any atom is 0.387 e. The highest BCUT2D eigenvalue weighted by Crippen LogP contribution is 2.30. The molecular weight excluding hydrogens is 236 g/mol. The van der Waals surface area contributed by atoms with Crippen LogP contribution in [-0.2, 0) is 0 Å². The summed E-state index contributed by atoms with van der Waals surface area (Å²) in [6.07, 6.45) is 0.